The molecule has 212 valence electrons. The molecule has 0 bridgehead atoms. The highest BCUT2D eigenvalue weighted by Gasteiger charge is 2.31. The van der Waals surface area contributed by atoms with Crippen LogP contribution in [0.25, 0.3) is 22.4 Å². The van der Waals surface area contributed by atoms with E-state index in [0.29, 0.717) is 12.5 Å². The Bertz CT molecular complexity index is 1280. The Morgan fingerprint density at radius 1 is 1.07 bits per heavy atom. The van der Waals surface area contributed by atoms with Gasteiger partial charge in [0.25, 0.3) is 0 Å². The van der Waals surface area contributed by atoms with E-state index < -0.39 is 5.60 Å². The van der Waals surface area contributed by atoms with Gasteiger partial charge in [0.15, 0.2) is 6.23 Å². The second-order valence-corrected chi connectivity index (χ2v) is 11.2. The maximum atomic E-state index is 12.0. The van der Waals surface area contributed by atoms with Gasteiger partial charge in [-0.3, -0.25) is 0 Å². The van der Waals surface area contributed by atoms with Crippen LogP contribution in [0.3, 0.4) is 0 Å². The fraction of sp³-hybridized carbons (Fsp3) is 0.469. The minimum atomic E-state index is -0.518. The number of methoxy groups -OCH3 is 1. The van der Waals surface area contributed by atoms with Crippen molar-refractivity contribution in [1.82, 2.24) is 9.78 Å². The summed E-state index contributed by atoms with van der Waals surface area (Å²) >= 11 is 0. The molecule has 8 heteroatoms. The predicted molar refractivity (Wildman–Crippen MR) is 152 cm³/mol. The standard InChI is InChI=1S/C32H39N3O5/c1-32(2,3)40-29(36)22-38-21-23-13-15-25(16-14-23)31(39-18-17-33)35-20-28(26-11-8-12-27(19-26)37-4)30(34-35)24-9-6-5-7-10-24/h5-12,19-20,23,25,31H,13-16,18,21-22H2,1-4H3. The summed E-state index contributed by atoms with van der Waals surface area (Å²) in [5.41, 5.74) is 3.30. The van der Waals surface area contributed by atoms with Crippen LogP contribution in [-0.4, -0.2) is 48.3 Å². The first-order valence-electron chi connectivity index (χ1n) is 13.8. The number of ether oxygens (including phenoxy) is 4. The van der Waals surface area contributed by atoms with Gasteiger partial charge in [0.2, 0.25) is 0 Å². The van der Waals surface area contributed by atoms with Gasteiger partial charge in [0.1, 0.15) is 30.3 Å². The van der Waals surface area contributed by atoms with Gasteiger partial charge in [-0.15, -0.1) is 0 Å². The van der Waals surface area contributed by atoms with Gasteiger partial charge in [-0.25, -0.2) is 9.48 Å². The molecule has 1 unspecified atom stereocenters. The third kappa shape index (κ3) is 7.93. The normalized spacial score (nSPS) is 18.1. The molecule has 0 N–H and O–H groups in total. The van der Waals surface area contributed by atoms with Gasteiger partial charge >= 0.3 is 5.97 Å². The van der Waals surface area contributed by atoms with Gasteiger partial charge in [0, 0.05) is 23.2 Å². The summed E-state index contributed by atoms with van der Waals surface area (Å²) in [4.78, 5) is 12.0. The Labute approximate surface area is 236 Å². The minimum absolute atomic E-state index is 0.0153. The topological polar surface area (TPSA) is 95.6 Å². The van der Waals surface area contributed by atoms with E-state index in [2.05, 4.69) is 6.07 Å². The van der Waals surface area contributed by atoms with Crippen LogP contribution in [0, 0.1) is 23.2 Å². The summed E-state index contributed by atoms with van der Waals surface area (Å²) in [5.74, 6) is 0.983. The van der Waals surface area contributed by atoms with Crippen LogP contribution in [0.5, 0.6) is 5.75 Å². The number of nitrogens with zero attached hydrogens (tertiary/aromatic N) is 3. The van der Waals surface area contributed by atoms with E-state index in [0.717, 1.165) is 53.8 Å². The maximum absolute atomic E-state index is 12.0. The molecular weight excluding hydrogens is 506 g/mol. The molecule has 1 saturated carbocycles. The Morgan fingerprint density at radius 3 is 2.48 bits per heavy atom. The molecular formula is C32H39N3O5. The summed E-state index contributed by atoms with van der Waals surface area (Å²) in [6.07, 6.45) is 5.36. The molecule has 1 atom stereocenters. The summed E-state index contributed by atoms with van der Waals surface area (Å²) < 4.78 is 24.5. The predicted octanol–water partition coefficient (Wildman–Crippen LogP) is 6.43. The highest BCUT2D eigenvalue weighted by Crippen LogP contribution is 2.39. The monoisotopic (exact) mass is 545 g/mol. The molecule has 0 radical (unpaired) electrons. The zero-order chi connectivity index (χ0) is 28.5. The van der Waals surface area contributed by atoms with Crippen molar-refractivity contribution < 1.29 is 23.7 Å². The Morgan fingerprint density at radius 2 is 1.80 bits per heavy atom. The SMILES string of the molecule is COc1cccc(-c2cn(C(OCC#N)C3CCC(COCC(=O)OC(C)(C)C)CC3)nc2-c2ccccc2)c1. The Kier molecular flexibility index (Phi) is 9.97. The molecule has 1 aromatic heterocycles. The minimum Gasteiger partial charge on any atom is -0.497 e. The molecule has 1 aliphatic rings. The van der Waals surface area contributed by atoms with Crippen LogP contribution in [0.1, 0.15) is 52.7 Å². The molecule has 40 heavy (non-hydrogen) atoms. The largest absolute Gasteiger partial charge is 0.497 e. The summed E-state index contributed by atoms with van der Waals surface area (Å²) in [6.45, 7) is 6.01. The second kappa shape index (κ2) is 13.6. The Hall–Kier alpha value is -3.67. The number of carbonyl (C=O) groups excluding carboxylic acids is 1. The van der Waals surface area contributed by atoms with E-state index in [1.807, 2.05) is 86.2 Å². The summed E-state index contributed by atoms with van der Waals surface area (Å²) in [6, 6.07) is 20.1. The quantitative estimate of drug-likeness (QED) is 0.256. The molecule has 0 amide bonds. The molecule has 8 nitrogen and oxygen atoms in total. The van der Waals surface area contributed by atoms with Crippen LogP contribution >= 0.6 is 0 Å². The van der Waals surface area contributed by atoms with E-state index in [-0.39, 0.29) is 31.3 Å². The first-order valence-corrected chi connectivity index (χ1v) is 13.8. The van der Waals surface area contributed by atoms with Crippen molar-refractivity contribution in [2.45, 2.75) is 58.3 Å². The fourth-order valence-electron chi connectivity index (χ4n) is 5.20. The van der Waals surface area contributed by atoms with Gasteiger partial charge < -0.3 is 18.9 Å². The van der Waals surface area contributed by atoms with Crippen molar-refractivity contribution in [3.8, 4) is 34.2 Å². The van der Waals surface area contributed by atoms with Crippen molar-refractivity contribution >= 4 is 5.97 Å². The average molecular weight is 546 g/mol. The maximum Gasteiger partial charge on any atom is 0.332 e. The number of hydrogen-bond acceptors (Lipinski definition) is 7. The number of esters is 1. The first kappa shape index (κ1) is 29.3. The van der Waals surface area contributed by atoms with Crippen molar-refractivity contribution in [2.75, 3.05) is 26.9 Å². The first-order chi connectivity index (χ1) is 19.3. The van der Waals surface area contributed by atoms with Crippen LogP contribution in [0.4, 0.5) is 0 Å². The lowest BCUT2D eigenvalue weighted by Gasteiger charge is -2.33. The molecule has 0 saturated heterocycles. The Balaban J connectivity index is 1.50. The van der Waals surface area contributed by atoms with E-state index in [1.54, 1.807) is 7.11 Å². The second-order valence-electron chi connectivity index (χ2n) is 11.2. The van der Waals surface area contributed by atoms with E-state index in [4.69, 9.17) is 24.0 Å². The van der Waals surface area contributed by atoms with E-state index in [1.165, 1.54) is 0 Å². The number of hydrogen-bond donors (Lipinski definition) is 0. The molecule has 1 fully saturated rings. The molecule has 0 aliphatic heterocycles. The number of aromatic nitrogens is 2. The fourth-order valence-corrected chi connectivity index (χ4v) is 5.20. The van der Waals surface area contributed by atoms with Gasteiger partial charge in [0.05, 0.1) is 19.8 Å². The van der Waals surface area contributed by atoms with Crippen molar-refractivity contribution in [2.24, 2.45) is 11.8 Å². The van der Waals surface area contributed by atoms with Gasteiger partial charge in [-0.05, 0) is 70.1 Å². The van der Waals surface area contributed by atoms with Crippen molar-refractivity contribution in [1.29, 1.82) is 5.26 Å². The van der Waals surface area contributed by atoms with Gasteiger partial charge in [-0.1, -0.05) is 42.5 Å². The number of carbonyl (C=O) groups is 1. The van der Waals surface area contributed by atoms with Crippen molar-refractivity contribution in [3.63, 3.8) is 0 Å². The van der Waals surface area contributed by atoms with Crippen LogP contribution in [0.15, 0.2) is 60.8 Å². The lowest BCUT2D eigenvalue weighted by Crippen LogP contribution is -2.30. The van der Waals surface area contributed by atoms with E-state index >= 15 is 0 Å². The highest BCUT2D eigenvalue weighted by atomic mass is 16.6. The molecule has 1 heterocycles. The van der Waals surface area contributed by atoms with Crippen LogP contribution in [0.2, 0.25) is 0 Å². The summed E-state index contributed by atoms with van der Waals surface area (Å²) in [7, 11) is 1.66. The van der Waals surface area contributed by atoms with Gasteiger partial charge in [-0.2, -0.15) is 10.4 Å². The smallest absolute Gasteiger partial charge is 0.332 e. The number of rotatable bonds is 11. The van der Waals surface area contributed by atoms with Crippen molar-refractivity contribution in [3.05, 3.63) is 60.8 Å². The zero-order valence-corrected chi connectivity index (χ0v) is 23.8. The van der Waals surface area contributed by atoms with E-state index in [9.17, 15) is 10.1 Å². The number of nitriles is 1. The zero-order valence-electron chi connectivity index (χ0n) is 23.8. The molecule has 0 spiro atoms. The summed E-state index contributed by atoms with van der Waals surface area (Å²) in [5, 5.41) is 14.3. The molecule has 1 aliphatic carbocycles. The average Bonchev–Trinajstić information content (AvgIpc) is 3.39. The molecule has 4 rings (SSSR count). The third-order valence-electron chi connectivity index (χ3n) is 7.03. The molecule has 2 aromatic carbocycles. The van der Waals surface area contributed by atoms with Crippen LogP contribution in [-0.2, 0) is 19.0 Å². The lowest BCUT2D eigenvalue weighted by atomic mass is 9.81. The lowest BCUT2D eigenvalue weighted by molar-refractivity contribution is -0.160. The highest BCUT2D eigenvalue weighted by molar-refractivity contribution is 5.81. The van der Waals surface area contributed by atoms with Crippen LogP contribution < -0.4 is 4.74 Å². The molecule has 3 aromatic rings. The third-order valence-corrected chi connectivity index (χ3v) is 7.03. The number of benzene rings is 2.